The molecular weight excluding hydrogens is 272 g/mol. The number of ketones is 1. The third-order valence-corrected chi connectivity index (χ3v) is 3.10. The van der Waals surface area contributed by atoms with Gasteiger partial charge < -0.3 is 14.2 Å². The smallest absolute Gasteiger partial charge is 0.308 e. The molecule has 0 fully saturated rings. The van der Waals surface area contributed by atoms with E-state index in [0.717, 1.165) is 0 Å². The summed E-state index contributed by atoms with van der Waals surface area (Å²) in [4.78, 5) is 23.1. The minimum Gasteiger partial charge on any atom is -0.496 e. The molecule has 0 aliphatic carbocycles. The van der Waals surface area contributed by atoms with Gasteiger partial charge in [-0.15, -0.1) is 0 Å². The Balaban J connectivity index is 2.92. The normalized spacial score (nSPS) is 10.3. The van der Waals surface area contributed by atoms with E-state index in [4.69, 9.17) is 14.2 Å². The zero-order valence-electron chi connectivity index (χ0n) is 12.4. The molecule has 5 nitrogen and oxygen atoms in total. The van der Waals surface area contributed by atoms with E-state index in [9.17, 15) is 9.59 Å². The van der Waals surface area contributed by atoms with Gasteiger partial charge >= 0.3 is 5.97 Å². The second-order valence-electron chi connectivity index (χ2n) is 4.49. The minimum absolute atomic E-state index is 0.187. The van der Waals surface area contributed by atoms with Crippen molar-refractivity contribution < 1.29 is 23.8 Å². The summed E-state index contributed by atoms with van der Waals surface area (Å²) in [6.07, 6.45) is 0. The molecule has 2 aromatic rings. The van der Waals surface area contributed by atoms with Crippen molar-refractivity contribution in [2.45, 2.75) is 13.8 Å². The topological polar surface area (TPSA) is 61.8 Å². The summed E-state index contributed by atoms with van der Waals surface area (Å²) >= 11 is 0. The molecule has 0 amide bonds. The lowest BCUT2D eigenvalue weighted by Crippen LogP contribution is -2.06. The Hall–Kier alpha value is -2.56. The van der Waals surface area contributed by atoms with E-state index >= 15 is 0 Å². The van der Waals surface area contributed by atoms with Crippen molar-refractivity contribution >= 4 is 22.5 Å². The van der Waals surface area contributed by atoms with Crippen molar-refractivity contribution in [2.24, 2.45) is 0 Å². The third kappa shape index (κ3) is 2.67. The van der Waals surface area contributed by atoms with Crippen molar-refractivity contribution in [3.63, 3.8) is 0 Å². The summed E-state index contributed by atoms with van der Waals surface area (Å²) in [6.45, 7) is 2.74. The Morgan fingerprint density at radius 1 is 1.00 bits per heavy atom. The number of rotatable bonds is 4. The first kappa shape index (κ1) is 14.8. The molecule has 0 unspecified atom stereocenters. The first-order chi connectivity index (χ1) is 9.99. The Kier molecular flexibility index (Phi) is 4.12. The predicted molar refractivity (Wildman–Crippen MR) is 78.4 cm³/mol. The van der Waals surface area contributed by atoms with Crippen LogP contribution in [0.25, 0.3) is 10.8 Å². The zero-order chi connectivity index (χ0) is 15.6. The molecule has 110 valence electrons. The standard InChI is InChI=1S/C16H16O5/c1-9(17)12-8-14(21-10(2)18)11-6-5-7-13(19-3)15(11)16(12)20-4/h5-8H,1-4H3. The summed E-state index contributed by atoms with van der Waals surface area (Å²) in [7, 11) is 3.01. The van der Waals surface area contributed by atoms with E-state index in [1.54, 1.807) is 18.2 Å². The molecular formula is C16H16O5. The highest BCUT2D eigenvalue weighted by Crippen LogP contribution is 2.42. The highest BCUT2D eigenvalue weighted by molar-refractivity contribution is 6.08. The molecule has 0 aromatic heterocycles. The van der Waals surface area contributed by atoms with Gasteiger partial charge in [-0.2, -0.15) is 0 Å². The van der Waals surface area contributed by atoms with Crippen molar-refractivity contribution in [3.8, 4) is 17.2 Å². The fraction of sp³-hybridized carbons (Fsp3) is 0.250. The number of benzene rings is 2. The number of Topliss-reactive ketones (excluding diaryl/α,β-unsaturated/α-hetero) is 1. The second kappa shape index (κ2) is 5.83. The van der Waals surface area contributed by atoms with Gasteiger partial charge in [0.05, 0.1) is 25.2 Å². The Morgan fingerprint density at radius 3 is 2.24 bits per heavy atom. The molecule has 2 aromatic carbocycles. The van der Waals surface area contributed by atoms with E-state index in [0.29, 0.717) is 33.6 Å². The van der Waals surface area contributed by atoms with Crippen LogP contribution in [0.5, 0.6) is 17.2 Å². The molecule has 21 heavy (non-hydrogen) atoms. The number of carbonyl (C=O) groups excluding carboxylic acids is 2. The Bertz CT molecular complexity index is 718. The summed E-state index contributed by atoms with van der Waals surface area (Å²) in [6, 6.07) is 6.83. The fourth-order valence-electron chi connectivity index (χ4n) is 2.26. The molecule has 0 saturated carbocycles. The predicted octanol–water partition coefficient (Wildman–Crippen LogP) is 2.98. The van der Waals surface area contributed by atoms with Crippen LogP contribution in [-0.2, 0) is 4.79 Å². The molecule has 0 spiro atoms. The van der Waals surface area contributed by atoms with E-state index in [1.807, 2.05) is 0 Å². The first-order valence-electron chi connectivity index (χ1n) is 6.36. The van der Waals surface area contributed by atoms with Crippen LogP contribution in [0, 0.1) is 0 Å². The summed E-state index contributed by atoms with van der Waals surface area (Å²) < 4.78 is 15.9. The molecule has 0 saturated heterocycles. The largest absolute Gasteiger partial charge is 0.496 e. The van der Waals surface area contributed by atoms with Gasteiger partial charge in [0.25, 0.3) is 0 Å². The van der Waals surface area contributed by atoms with Gasteiger partial charge in [-0.05, 0) is 19.1 Å². The number of ether oxygens (including phenoxy) is 3. The lowest BCUT2D eigenvalue weighted by Gasteiger charge is -2.16. The SMILES string of the molecule is COc1cccc2c(OC(C)=O)cc(C(C)=O)c(OC)c12. The fourth-order valence-corrected chi connectivity index (χ4v) is 2.26. The molecule has 0 heterocycles. The van der Waals surface area contributed by atoms with Gasteiger partial charge in [-0.1, -0.05) is 12.1 Å². The molecule has 0 bridgehead atoms. The number of carbonyl (C=O) groups is 2. The van der Waals surface area contributed by atoms with Crippen molar-refractivity contribution in [2.75, 3.05) is 14.2 Å². The molecule has 0 aliphatic rings. The van der Waals surface area contributed by atoms with Crippen molar-refractivity contribution in [3.05, 3.63) is 29.8 Å². The number of hydrogen-bond donors (Lipinski definition) is 0. The Morgan fingerprint density at radius 2 is 1.71 bits per heavy atom. The van der Waals surface area contributed by atoms with E-state index < -0.39 is 5.97 Å². The van der Waals surface area contributed by atoms with E-state index in [1.165, 1.54) is 34.1 Å². The van der Waals surface area contributed by atoms with Gasteiger partial charge in [-0.25, -0.2) is 0 Å². The molecule has 0 N–H and O–H groups in total. The monoisotopic (exact) mass is 288 g/mol. The highest BCUT2D eigenvalue weighted by Gasteiger charge is 2.20. The maximum absolute atomic E-state index is 11.8. The van der Waals surface area contributed by atoms with Crippen LogP contribution in [-0.4, -0.2) is 26.0 Å². The molecule has 2 rings (SSSR count). The van der Waals surface area contributed by atoms with E-state index in [-0.39, 0.29) is 5.78 Å². The average molecular weight is 288 g/mol. The maximum Gasteiger partial charge on any atom is 0.308 e. The van der Waals surface area contributed by atoms with Crippen LogP contribution in [0.4, 0.5) is 0 Å². The highest BCUT2D eigenvalue weighted by atomic mass is 16.5. The van der Waals surface area contributed by atoms with Gasteiger partial charge in [0.15, 0.2) is 5.78 Å². The van der Waals surface area contributed by atoms with Crippen LogP contribution in [0.15, 0.2) is 24.3 Å². The van der Waals surface area contributed by atoms with Gasteiger partial charge in [0, 0.05) is 12.3 Å². The van der Waals surface area contributed by atoms with Crippen molar-refractivity contribution in [1.82, 2.24) is 0 Å². The van der Waals surface area contributed by atoms with Crippen molar-refractivity contribution in [1.29, 1.82) is 0 Å². The third-order valence-electron chi connectivity index (χ3n) is 3.10. The van der Waals surface area contributed by atoms with Crippen LogP contribution >= 0.6 is 0 Å². The maximum atomic E-state index is 11.8. The second-order valence-corrected chi connectivity index (χ2v) is 4.49. The minimum atomic E-state index is -0.459. The molecule has 0 aliphatic heterocycles. The summed E-state index contributed by atoms with van der Waals surface area (Å²) in [5, 5.41) is 1.25. The lowest BCUT2D eigenvalue weighted by atomic mass is 10.0. The lowest BCUT2D eigenvalue weighted by molar-refractivity contribution is -0.131. The summed E-state index contributed by atoms with van der Waals surface area (Å²) in [5.41, 5.74) is 0.339. The number of esters is 1. The van der Waals surface area contributed by atoms with Crippen LogP contribution in [0.1, 0.15) is 24.2 Å². The molecule has 0 radical (unpaired) electrons. The number of hydrogen-bond acceptors (Lipinski definition) is 5. The van der Waals surface area contributed by atoms with Gasteiger partial charge in [-0.3, -0.25) is 9.59 Å². The van der Waals surface area contributed by atoms with Crippen LogP contribution < -0.4 is 14.2 Å². The van der Waals surface area contributed by atoms with Gasteiger partial charge in [0.1, 0.15) is 17.2 Å². The van der Waals surface area contributed by atoms with Gasteiger partial charge in [0.2, 0.25) is 0 Å². The Labute approximate surface area is 122 Å². The average Bonchev–Trinajstić information content (AvgIpc) is 2.45. The summed E-state index contributed by atoms with van der Waals surface area (Å²) in [5.74, 6) is 0.612. The zero-order valence-corrected chi connectivity index (χ0v) is 12.4. The number of fused-ring (bicyclic) bond motifs is 1. The van der Waals surface area contributed by atoms with Crippen LogP contribution in [0.3, 0.4) is 0 Å². The van der Waals surface area contributed by atoms with E-state index in [2.05, 4.69) is 0 Å². The quantitative estimate of drug-likeness (QED) is 0.491. The molecule has 0 atom stereocenters. The molecule has 5 heteroatoms. The number of methoxy groups -OCH3 is 2. The first-order valence-corrected chi connectivity index (χ1v) is 6.36. The van der Waals surface area contributed by atoms with Crippen LogP contribution in [0.2, 0.25) is 0 Å².